The van der Waals surface area contributed by atoms with Crippen LogP contribution in [0.15, 0.2) is 11.8 Å². The number of ketones is 1. The molecule has 0 heterocycles. The minimum atomic E-state index is 0.0886. The van der Waals surface area contributed by atoms with Crippen molar-refractivity contribution in [2.45, 2.75) is 33.7 Å². The van der Waals surface area contributed by atoms with Gasteiger partial charge in [0.1, 0.15) is 0 Å². The Bertz CT molecular complexity index is 147. The predicted molar refractivity (Wildman–Crippen MR) is 42.7 cm³/mol. The van der Waals surface area contributed by atoms with E-state index in [9.17, 15) is 4.79 Å². The molecule has 2 nitrogen and oxygen atoms in total. The van der Waals surface area contributed by atoms with Crippen LogP contribution in [0.4, 0.5) is 0 Å². The number of carbonyl (C=O) groups excluding carboxylic acids is 1. The van der Waals surface area contributed by atoms with Crippen molar-refractivity contribution < 1.29 is 4.79 Å². The normalized spacial score (nSPS) is 11.9. The molecule has 0 aliphatic carbocycles. The first-order chi connectivity index (χ1) is 4.52. The van der Waals surface area contributed by atoms with Gasteiger partial charge < -0.3 is 5.32 Å². The predicted octanol–water partition coefficient (Wildman–Crippen LogP) is 1.48. The van der Waals surface area contributed by atoms with Crippen LogP contribution in [-0.2, 0) is 4.79 Å². The Labute approximate surface area is 62.3 Å². The molecule has 0 fully saturated rings. The van der Waals surface area contributed by atoms with Gasteiger partial charge in [-0.25, -0.2) is 0 Å². The summed E-state index contributed by atoms with van der Waals surface area (Å²) in [6.07, 6.45) is 1.60. The third-order valence-corrected chi connectivity index (χ3v) is 0.936. The summed E-state index contributed by atoms with van der Waals surface area (Å²) >= 11 is 0. The zero-order valence-electron chi connectivity index (χ0n) is 7.06. The van der Waals surface area contributed by atoms with Gasteiger partial charge >= 0.3 is 0 Å². The molecule has 0 atom stereocenters. The molecular formula is C8H15NO. The van der Waals surface area contributed by atoms with Crippen LogP contribution in [-0.4, -0.2) is 11.8 Å². The van der Waals surface area contributed by atoms with Crippen molar-refractivity contribution >= 4 is 5.78 Å². The monoisotopic (exact) mass is 141 g/mol. The molecule has 0 radical (unpaired) electrons. The Kier molecular flexibility index (Phi) is 3.77. The summed E-state index contributed by atoms with van der Waals surface area (Å²) in [5, 5.41) is 3.11. The quantitative estimate of drug-likeness (QED) is 0.603. The van der Waals surface area contributed by atoms with Crippen molar-refractivity contribution in [2.75, 3.05) is 0 Å². The highest BCUT2D eigenvalue weighted by molar-refractivity contribution is 5.87. The lowest BCUT2D eigenvalue weighted by molar-refractivity contribution is -0.112. The SMILES string of the molecule is CC(=O)C=C(C)NC(C)C. The highest BCUT2D eigenvalue weighted by Crippen LogP contribution is 1.89. The molecule has 0 aromatic carbocycles. The maximum atomic E-state index is 10.5. The molecule has 2 heteroatoms. The highest BCUT2D eigenvalue weighted by atomic mass is 16.1. The van der Waals surface area contributed by atoms with E-state index in [0.717, 1.165) is 5.70 Å². The molecule has 0 spiro atoms. The average molecular weight is 141 g/mol. The van der Waals surface area contributed by atoms with Gasteiger partial charge in [-0.05, 0) is 33.8 Å². The summed E-state index contributed by atoms with van der Waals surface area (Å²) < 4.78 is 0. The summed E-state index contributed by atoms with van der Waals surface area (Å²) in [7, 11) is 0. The van der Waals surface area contributed by atoms with Gasteiger partial charge in [-0.1, -0.05) is 0 Å². The summed E-state index contributed by atoms with van der Waals surface area (Å²) in [6.45, 7) is 7.52. The molecule has 0 bridgehead atoms. The van der Waals surface area contributed by atoms with Gasteiger partial charge in [0.05, 0.1) is 0 Å². The van der Waals surface area contributed by atoms with E-state index >= 15 is 0 Å². The number of hydrogen-bond acceptors (Lipinski definition) is 2. The van der Waals surface area contributed by atoms with E-state index in [1.807, 2.05) is 20.8 Å². The second-order valence-corrected chi connectivity index (χ2v) is 2.74. The highest BCUT2D eigenvalue weighted by Gasteiger charge is 1.92. The van der Waals surface area contributed by atoms with E-state index in [2.05, 4.69) is 5.32 Å². The van der Waals surface area contributed by atoms with Gasteiger partial charge in [0, 0.05) is 11.7 Å². The van der Waals surface area contributed by atoms with E-state index in [1.165, 1.54) is 0 Å². The average Bonchev–Trinajstić information content (AvgIpc) is 1.58. The zero-order valence-corrected chi connectivity index (χ0v) is 7.06. The van der Waals surface area contributed by atoms with Crippen LogP contribution < -0.4 is 5.32 Å². The number of carbonyl (C=O) groups is 1. The number of rotatable bonds is 3. The zero-order chi connectivity index (χ0) is 8.15. The van der Waals surface area contributed by atoms with Crippen LogP contribution in [0, 0.1) is 0 Å². The Morgan fingerprint density at radius 1 is 1.40 bits per heavy atom. The molecule has 0 aliphatic rings. The number of allylic oxidation sites excluding steroid dienone is 2. The van der Waals surface area contributed by atoms with E-state index in [0.29, 0.717) is 6.04 Å². The molecule has 0 aromatic heterocycles. The van der Waals surface area contributed by atoms with Crippen LogP contribution >= 0.6 is 0 Å². The fraction of sp³-hybridized carbons (Fsp3) is 0.625. The first-order valence-electron chi connectivity index (χ1n) is 3.47. The van der Waals surface area contributed by atoms with Gasteiger partial charge in [-0.2, -0.15) is 0 Å². The topological polar surface area (TPSA) is 29.1 Å². The van der Waals surface area contributed by atoms with Crippen LogP contribution in [0.2, 0.25) is 0 Å². The van der Waals surface area contributed by atoms with Gasteiger partial charge in [0.2, 0.25) is 0 Å². The molecule has 0 aliphatic heterocycles. The van der Waals surface area contributed by atoms with Crippen LogP contribution in [0.5, 0.6) is 0 Å². The Hall–Kier alpha value is -0.790. The van der Waals surface area contributed by atoms with Gasteiger partial charge in [-0.3, -0.25) is 4.79 Å². The van der Waals surface area contributed by atoms with Crippen LogP contribution in [0.3, 0.4) is 0 Å². The lowest BCUT2D eigenvalue weighted by Crippen LogP contribution is -2.20. The molecule has 0 amide bonds. The van der Waals surface area contributed by atoms with Crippen molar-refractivity contribution in [3.8, 4) is 0 Å². The van der Waals surface area contributed by atoms with Crippen molar-refractivity contribution in [2.24, 2.45) is 0 Å². The van der Waals surface area contributed by atoms with Gasteiger partial charge in [0.25, 0.3) is 0 Å². The van der Waals surface area contributed by atoms with E-state index in [1.54, 1.807) is 13.0 Å². The largest absolute Gasteiger partial charge is 0.386 e. The molecular weight excluding hydrogens is 126 g/mol. The van der Waals surface area contributed by atoms with Crippen LogP contribution in [0.25, 0.3) is 0 Å². The minimum Gasteiger partial charge on any atom is -0.386 e. The van der Waals surface area contributed by atoms with E-state index in [4.69, 9.17) is 0 Å². The molecule has 0 saturated heterocycles. The Morgan fingerprint density at radius 3 is 2.20 bits per heavy atom. The maximum absolute atomic E-state index is 10.5. The molecule has 0 aromatic rings. The van der Waals surface area contributed by atoms with E-state index in [-0.39, 0.29) is 5.78 Å². The molecule has 1 N–H and O–H groups in total. The third-order valence-electron chi connectivity index (χ3n) is 0.936. The van der Waals surface area contributed by atoms with Crippen molar-refractivity contribution in [3.63, 3.8) is 0 Å². The van der Waals surface area contributed by atoms with Crippen molar-refractivity contribution in [3.05, 3.63) is 11.8 Å². The lowest BCUT2D eigenvalue weighted by atomic mass is 10.3. The number of nitrogens with one attached hydrogen (secondary N) is 1. The van der Waals surface area contributed by atoms with E-state index < -0.39 is 0 Å². The van der Waals surface area contributed by atoms with Crippen molar-refractivity contribution in [1.29, 1.82) is 0 Å². The van der Waals surface area contributed by atoms with Gasteiger partial charge in [-0.15, -0.1) is 0 Å². The lowest BCUT2D eigenvalue weighted by Gasteiger charge is -2.08. The van der Waals surface area contributed by atoms with Crippen LogP contribution in [0.1, 0.15) is 27.7 Å². The second-order valence-electron chi connectivity index (χ2n) is 2.74. The minimum absolute atomic E-state index is 0.0886. The Balaban J connectivity index is 3.83. The molecule has 10 heavy (non-hydrogen) atoms. The maximum Gasteiger partial charge on any atom is 0.154 e. The fourth-order valence-corrected chi connectivity index (χ4v) is 0.802. The smallest absolute Gasteiger partial charge is 0.154 e. The van der Waals surface area contributed by atoms with Gasteiger partial charge in [0.15, 0.2) is 5.78 Å². The molecule has 0 rings (SSSR count). The third kappa shape index (κ3) is 5.35. The first-order valence-corrected chi connectivity index (χ1v) is 3.47. The summed E-state index contributed by atoms with van der Waals surface area (Å²) in [4.78, 5) is 10.5. The van der Waals surface area contributed by atoms with Crippen molar-refractivity contribution in [1.82, 2.24) is 5.32 Å². The standard InChI is InChI=1S/C8H15NO/c1-6(2)9-7(3)5-8(4)10/h5-6,9H,1-4H3. The summed E-state index contributed by atoms with van der Waals surface area (Å²) in [6, 6.07) is 0.399. The first kappa shape index (κ1) is 9.21. The summed E-state index contributed by atoms with van der Waals surface area (Å²) in [5.41, 5.74) is 0.933. The molecule has 58 valence electrons. The number of hydrogen-bond donors (Lipinski definition) is 1. The molecule has 0 unspecified atom stereocenters. The Morgan fingerprint density at radius 2 is 1.90 bits per heavy atom. The fourth-order valence-electron chi connectivity index (χ4n) is 0.802. The second kappa shape index (κ2) is 4.09. The molecule has 0 saturated carbocycles. The summed E-state index contributed by atoms with van der Waals surface area (Å²) in [5.74, 6) is 0.0886.